The van der Waals surface area contributed by atoms with Crippen molar-refractivity contribution in [3.63, 3.8) is 0 Å². The van der Waals surface area contributed by atoms with E-state index in [9.17, 15) is 13.2 Å². The number of sulfonamides is 1. The summed E-state index contributed by atoms with van der Waals surface area (Å²) < 4.78 is 44.9. The first-order valence-electron chi connectivity index (χ1n) is 9.76. The molecule has 2 aromatic carbocycles. The molecule has 10 heteroatoms. The number of amides is 1. The second-order valence-electron chi connectivity index (χ2n) is 7.35. The Kier molecular flexibility index (Phi) is 5.40. The number of hydrogen-bond acceptors (Lipinski definition) is 7. The molecule has 2 N–H and O–H groups in total. The second kappa shape index (κ2) is 8.21. The van der Waals surface area contributed by atoms with E-state index in [4.69, 9.17) is 14.2 Å². The van der Waals surface area contributed by atoms with E-state index in [0.717, 1.165) is 22.1 Å². The lowest BCUT2D eigenvalue weighted by Crippen LogP contribution is -2.44. The predicted molar refractivity (Wildman–Crippen MR) is 116 cm³/mol. The van der Waals surface area contributed by atoms with Gasteiger partial charge in [0.1, 0.15) is 16.4 Å². The quantitative estimate of drug-likeness (QED) is 0.607. The third-order valence-electron chi connectivity index (χ3n) is 5.36. The minimum atomic E-state index is -3.65. The van der Waals surface area contributed by atoms with E-state index in [1.165, 1.54) is 0 Å². The van der Waals surface area contributed by atoms with Gasteiger partial charge in [0.25, 0.3) is 0 Å². The van der Waals surface area contributed by atoms with Crippen LogP contribution in [0.15, 0.2) is 64.2 Å². The second-order valence-corrected chi connectivity index (χ2v) is 10.2. The normalized spacial score (nSPS) is 25.4. The summed E-state index contributed by atoms with van der Waals surface area (Å²) in [4.78, 5) is 12.5. The number of ether oxygens (including phenoxy) is 3. The van der Waals surface area contributed by atoms with E-state index < -0.39 is 40.5 Å². The van der Waals surface area contributed by atoms with E-state index in [-0.39, 0.29) is 17.4 Å². The largest absolute Gasteiger partial charge is 0.441 e. The van der Waals surface area contributed by atoms with Gasteiger partial charge in [0.2, 0.25) is 10.0 Å². The zero-order valence-electron chi connectivity index (χ0n) is 16.3. The molecule has 162 valence electrons. The summed E-state index contributed by atoms with van der Waals surface area (Å²) in [5.74, 6) is 0. The van der Waals surface area contributed by atoms with Gasteiger partial charge in [-0.15, -0.1) is 11.3 Å². The molecule has 0 spiro atoms. The molecule has 0 aliphatic carbocycles. The number of thiophene rings is 1. The summed E-state index contributed by atoms with van der Waals surface area (Å²) in [5, 5.41) is 6.39. The van der Waals surface area contributed by atoms with Crippen molar-refractivity contribution >= 4 is 43.9 Å². The maximum Gasteiger partial charge on any atom is 0.412 e. The van der Waals surface area contributed by atoms with Crippen LogP contribution in [0.3, 0.4) is 0 Å². The highest BCUT2D eigenvalue weighted by Crippen LogP contribution is 2.31. The molecule has 0 radical (unpaired) electrons. The van der Waals surface area contributed by atoms with Crippen LogP contribution >= 0.6 is 11.3 Å². The standard InChI is InChI=1S/C21H20N2O6S2/c24-21(22-15-8-3-6-13-5-1-2-7-14(13)15)29-17-12-28-19-16(11-27-20(17)19)23-31(25,26)18-9-4-10-30-18/h1-10,16-17,19-20,23H,11-12H2,(H,22,24). The van der Waals surface area contributed by atoms with Crippen LogP contribution in [0.1, 0.15) is 0 Å². The highest BCUT2D eigenvalue weighted by Gasteiger charge is 2.50. The lowest BCUT2D eigenvalue weighted by Gasteiger charge is -2.18. The predicted octanol–water partition coefficient (Wildman–Crippen LogP) is 2.96. The Hall–Kier alpha value is -2.50. The summed E-state index contributed by atoms with van der Waals surface area (Å²) in [6.45, 7) is 0.278. The molecule has 31 heavy (non-hydrogen) atoms. The van der Waals surface area contributed by atoms with Gasteiger partial charge in [-0.25, -0.2) is 17.9 Å². The minimum absolute atomic E-state index is 0.134. The smallest absolute Gasteiger partial charge is 0.412 e. The van der Waals surface area contributed by atoms with E-state index in [1.54, 1.807) is 23.6 Å². The third-order valence-corrected chi connectivity index (χ3v) is 8.25. The average Bonchev–Trinajstić information content (AvgIpc) is 3.49. The Morgan fingerprint density at radius 2 is 1.81 bits per heavy atom. The van der Waals surface area contributed by atoms with Crippen molar-refractivity contribution < 1.29 is 27.4 Å². The molecule has 0 bridgehead atoms. The van der Waals surface area contributed by atoms with Gasteiger partial charge < -0.3 is 14.2 Å². The first-order chi connectivity index (χ1) is 15.0. The molecule has 2 aliphatic rings. The summed E-state index contributed by atoms with van der Waals surface area (Å²) in [6, 6.07) is 16.0. The summed E-state index contributed by atoms with van der Waals surface area (Å²) in [5.41, 5.74) is 0.646. The number of rotatable bonds is 5. The zero-order valence-corrected chi connectivity index (χ0v) is 17.9. The van der Waals surface area contributed by atoms with Crippen molar-refractivity contribution in [2.45, 2.75) is 28.6 Å². The van der Waals surface area contributed by atoms with Crippen LogP contribution in [0, 0.1) is 0 Å². The van der Waals surface area contributed by atoms with Gasteiger partial charge in [-0.05, 0) is 22.9 Å². The Balaban J connectivity index is 1.23. The Morgan fingerprint density at radius 3 is 2.65 bits per heavy atom. The van der Waals surface area contributed by atoms with Crippen molar-refractivity contribution in [1.29, 1.82) is 0 Å². The first-order valence-corrected chi connectivity index (χ1v) is 12.1. The van der Waals surface area contributed by atoms with Gasteiger partial charge in [0.15, 0.2) is 6.10 Å². The maximum atomic E-state index is 12.5. The van der Waals surface area contributed by atoms with Gasteiger partial charge in [-0.3, -0.25) is 5.32 Å². The van der Waals surface area contributed by atoms with Crippen molar-refractivity contribution in [3.05, 3.63) is 60.0 Å². The molecule has 1 amide bonds. The number of fused-ring (bicyclic) bond motifs is 2. The fourth-order valence-electron chi connectivity index (χ4n) is 3.95. The number of carbonyl (C=O) groups is 1. The minimum Gasteiger partial charge on any atom is -0.441 e. The lowest BCUT2D eigenvalue weighted by atomic mass is 10.1. The Labute approximate surface area is 183 Å². The van der Waals surface area contributed by atoms with Gasteiger partial charge in [-0.2, -0.15) is 0 Å². The maximum absolute atomic E-state index is 12.5. The molecule has 0 saturated carbocycles. The van der Waals surface area contributed by atoms with Crippen molar-refractivity contribution in [3.8, 4) is 0 Å². The van der Waals surface area contributed by atoms with Crippen molar-refractivity contribution in [1.82, 2.24) is 4.72 Å². The zero-order chi connectivity index (χ0) is 21.4. The van der Waals surface area contributed by atoms with Crippen LogP contribution < -0.4 is 10.0 Å². The molecular formula is C21H20N2O6S2. The fraction of sp³-hybridized carbons (Fsp3) is 0.286. The molecule has 2 fully saturated rings. The first kappa shape index (κ1) is 20.4. The number of hydrogen-bond donors (Lipinski definition) is 2. The summed E-state index contributed by atoms with van der Waals surface area (Å²) >= 11 is 1.14. The summed E-state index contributed by atoms with van der Waals surface area (Å²) in [6.07, 6.45) is -2.30. The van der Waals surface area contributed by atoms with Gasteiger partial charge in [-0.1, -0.05) is 42.5 Å². The van der Waals surface area contributed by atoms with Crippen LogP contribution in [0.25, 0.3) is 10.8 Å². The van der Waals surface area contributed by atoms with E-state index in [2.05, 4.69) is 10.0 Å². The monoisotopic (exact) mass is 460 g/mol. The molecule has 2 saturated heterocycles. The van der Waals surface area contributed by atoms with E-state index >= 15 is 0 Å². The van der Waals surface area contributed by atoms with Crippen LogP contribution in [0.5, 0.6) is 0 Å². The van der Waals surface area contributed by atoms with Crippen molar-refractivity contribution in [2.75, 3.05) is 18.5 Å². The number of anilines is 1. The topological polar surface area (TPSA) is 103 Å². The fourth-order valence-corrected chi connectivity index (χ4v) is 6.19. The van der Waals surface area contributed by atoms with Crippen LogP contribution in [0.4, 0.5) is 10.5 Å². The van der Waals surface area contributed by atoms with Crippen LogP contribution in [0.2, 0.25) is 0 Å². The number of nitrogens with one attached hydrogen (secondary N) is 2. The lowest BCUT2D eigenvalue weighted by molar-refractivity contribution is 0.00884. The Bertz CT molecular complexity index is 1190. The third kappa shape index (κ3) is 4.04. The molecule has 4 unspecified atom stereocenters. The molecule has 8 nitrogen and oxygen atoms in total. The summed E-state index contributed by atoms with van der Waals surface area (Å²) in [7, 11) is -3.65. The SMILES string of the molecule is O=C(Nc1cccc2ccccc12)OC1COC2C(NS(=O)(=O)c3cccs3)COC12. The number of benzene rings is 2. The van der Waals surface area contributed by atoms with E-state index in [1.807, 2.05) is 36.4 Å². The molecule has 5 rings (SSSR count). The molecular weight excluding hydrogens is 440 g/mol. The highest BCUT2D eigenvalue weighted by molar-refractivity contribution is 7.91. The average molecular weight is 461 g/mol. The molecule has 3 heterocycles. The van der Waals surface area contributed by atoms with Gasteiger partial charge in [0, 0.05) is 5.39 Å². The molecule has 1 aromatic heterocycles. The van der Waals surface area contributed by atoms with Crippen LogP contribution in [-0.2, 0) is 24.2 Å². The van der Waals surface area contributed by atoms with Gasteiger partial charge >= 0.3 is 6.09 Å². The highest BCUT2D eigenvalue weighted by atomic mass is 32.2. The van der Waals surface area contributed by atoms with Gasteiger partial charge in [0.05, 0.1) is 24.9 Å². The molecule has 4 atom stereocenters. The molecule has 3 aromatic rings. The van der Waals surface area contributed by atoms with Crippen molar-refractivity contribution in [2.24, 2.45) is 0 Å². The number of carbonyl (C=O) groups excluding carboxylic acids is 1. The molecule has 2 aliphatic heterocycles. The Morgan fingerprint density at radius 1 is 1.00 bits per heavy atom. The van der Waals surface area contributed by atoms with Crippen LogP contribution in [-0.4, -0.2) is 52.1 Å². The van der Waals surface area contributed by atoms with E-state index in [0.29, 0.717) is 5.69 Å².